The summed E-state index contributed by atoms with van der Waals surface area (Å²) in [6, 6.07) is 5.40. The van der Waals surface area contributed by atoms with Crippen LogP contribution >= 0.6 is 11.6 Å². The quantitative estimate of drug-likeness (QED) is 0.866. The molecule has 3 nitrogen and oxygen atoms in total. The molecule has 1 N–H and O–H groups in total. The smallest absolute Gasteiger partial charge is 0.129 e. The minimum absolute atomic E-state index is 0.00171. The maximum atomic E-state index is 14.5. The molecule has 22 heavy (non-hydrogen) atoms. The van der Waals surface area contributed by atoms with Gasteiger partial charge in [0.25, 0.3) is 0 Å². The second kappa shape index (κ2) is 8.25. The highest BCUT2D eigenvalue weighted by Crippen LogP contribution is 2.31. The Labute approximate surface area is 138 Å². The molecule has 1 fully saturated rings. The van der Waals surface area contributed by atoms with Crippen LogP contribution in [0.3, 0.4) is 0 Å². The first-order valence-electron chi connectivity index (χ1n) is 8.20. The molecule has 1 aliphatic rings. The van der Waals surface area contributed by atoms with Crippen LogP contribution in [-0.2, 0) is 0 Å². The van der Waals surface area contributed by atoms with Crippen molar-refractivity contribution < 1.29 is 4.39 Å². The molecule has 0 aromatic heterocycles. The van der Waals surface area contributed by atoms with E-state index in [0.717, 1.165) is 39.3 Å². The summed E-state index contributed by atoms with van der Waals surface area (Å²) >= 11 is 6.35. The van der Waals surface area contributed by atoms with E-state index in [9.17, 15) is 4.39 Å². The number of piperazine rings is 1. The normalized spacial score (nSPS) is 21.3. The van der Waals surface area contributed by atoms with Gasteiger partial charge in [-0.1, -0.05) is 31.5 Å². The first-order valence-corrected chi connectivity index (χ1v) is 8.58. The monoisotopic (exact) mass is 327 g/mol. The average Bonchev–Trinajstić information content (AvgIpc) is 2.50. The molecule has 5 heteroatoms. The Hall–Kier alpha value is -0.680. The standard InChI is InChI=1S/C17H27ClFN3/c1-4-21(5-2)12-16(22-10-9-20-13(3)11-22)17-14(18)7-6-8-15(17)19/h6-8,13,16,20H,4-5,9-12H2,1-3H3. The van der Waals surface area contributed by atoms with Gasteiger partial charge in [-0.05, 0) is 32.1 Å². The number of nitrogens with one attached hydrogen (secondary N) is 1. The van der Waals surface area contributed by atoms with Crippen LogP contribution in [0.1, 0.15) is 32.4 Å². The topological polar surface area (TPSA) is 18.5 Å². The molecular weight excluding hydrogens is 301 g/mol. The number of benzene rings is 1. The van der Waals surface area contributed by atoms with Crippen molar-refractivity contribution >= 4 is 11.6 Å². The molecule has 2 unspecified atom stereocenters. The van der Waals surface area contributed by atoms with E-state index in [4.69, 9.17) is 11.6 Å². The van der Waals surface area contributed by atoms with Gasteiger partial charge in [0, 0.05) is 42.8 Å². The van der Waals surface area contributed by atoms with Crippen LogP contribution in [0.4, 0.5) is 4.39 Å². The van der Waals surface area contributed by atoms with Gasteiger partial charge in [0.1, 0.15) is 5.82 Å². The number of hydrogen-bond donors (Lipinski definition) is 1. The Balaban J connectivity index is 2.32. The minimum atomic E-state index is -0.198. The third-order valence-electron chi connectivity index (χ3n) is 4.50. The molecule has 1 aromatic rings. The predicted octanol–water partition coefficient (Wildman–Crippen LogP) is 3.16. The lowest BCUT2D eigenvalue weighted by Gasteiger charge is -2.40. The first-order chi connectivity index (χ1) is 10.6. The molecule has 2 rings (SSSR count). The number of hydrogen-bond acceptors (Lipinski definition) is 3. The van der Waals surface area contributed by atoms with Gasteiger partial charge in [0.15, 0.2) is 0 Å². The molecule has 1 heterocycles. The molecular formula is C17H27ClFN3. The fourth-order valence-electron chi connectivity index (χ4n) is 3.19. The van der Waals surface area contributed by atoms with Gasteiger partial charge in [0.2, 0.25) is 0 Å². The Morgan fingerprint density at radius 2 is 2.14 bits per heavy atom. The lowest BCUT2D eigenvalue weighted by molar-refractivity contribution is 0.110. The maximum absolute atomic E-state index is 14.5. The molecule has 0 spiro atoms. The van der Waals surface area contributed by atoms with Gasteiger partial charge in [-0.25, -0.2) is 4.39 Å². The van der Waals surface area contributed by atoms with Crippen molar-refractivity contribution in [3.05, 3.63) is 34.6 Å². The highest BCUT2D eigenvalue weighted by molar-refractivity contribution is 6.31. The maximum Gasteiger partial charge on any atom is 0.129 e. The summed E-state index contributed by atoms with van der Waals surface area (Å²) in [5.74, 6) is -0.198. The van der Waals surface area contributed by atoms with Gasteiger partial charge >= 0.3 is 0 Å². The number of likely N-dealkylation sites (N-methyl/N-ethyl adjacent to an activating group) is 1. The number of rotatable bonds is 6. The van der Waals surface area contributed by atoms with Crippen LogP contribution in [-0.4, -0.2) is 55.1 Å². The molecule has 1 aliphatic heterocycles. The molecule has 2 atom stereocenters. The van der Waals surface area contributed by atoms with E-state index >= 15 is 0 Å². The van der Waals surface area contributed by atoms with E-state index in [1.807, 2.05) is 0 Å². The van der Waals surface area contributed by atoms with Crippen molar-refractivity contribution in [3.63, 3.8) is 0 Å². The van der Waals surface area contributed by atoms with Crippen molar-refractivity contribution in [3.8, 4) is 0 Å². The van der Waals surface area contributed by atoms with Gasteiger partial charge in [0.05, 0.1) is 6.04 Å². The average molecular weight is 328 g/mol. The summed E-state index contributed by atoms with van der Waals surface area (Å²) in [5.41, 5.74) is 0.644. The van der Waals surface area contributed by atoms with Gasteiger partial charge in [-0.15, -0.1) is 0 Å². The first kappa shape index (κ1) is 17.7. The van der Waals surface area contributed by atoms with E-state index in [2.05, 4.69) is 35.9 Å². The summed E-state index contributed by atoms with van der Waals surface area (Å²) in [7, 11) is 0. The lowest BCUT2D eigenvalue weighted by atomic mass is 10.0. The van der Waals surface area contributed by atoms with Crippen LogP contribution in [0, 0.1) is 5.82 Å². The number of halogens is 2. The van der Waals surface area contributed by atoms with Crippen LogP contribution in [0.25, 0.3) is 0 Å². The summed E-state index contributed by atoms with van der Waals surface area (Å²) in [6.07, 6.45) is 0. The Kier molecular flexibility index (Phi) is 6.63. The summed E-state index contributed by atoms with van der Waals surface area (Å²) in [4.78, 5) is 4.70. The summed E-state index contributed by atoms with van der Waals surface area (Å²) < 4.78 is 14.5. The van der Waals surface area contributed by atoms with Crippen LogP contribution < -0.4 is 5.32 Å². The fourth-order valence-corrected chi connectivity index (χ4v) is 3.48. The van der Waals surface area contributed by atoms with E-state index in [1.54, 1.807) is 12.1 Å². The van der Waals surface area contributed by atoms with Crippen molar-refractivity contribution in [1.82, 2.24) is 15.1 Å². The molecule has 0 saturated carbocycles. The molecule has 124 valence electrons. The SMILES string of the molecule is CCN(CC)CC(c1c(F)cccc1Cl)N1CCNC(C)C1. The van der Waals surface area contributed by atoms with E-state index in [0.29, 0.717) is 16.6 Å². The fraction of sp³-hybridized carbons (Fsp3) is 0.647. The van der Waals surface area contributed by atoms with Crippen LogP contribution in [0.2, 0.25) is 5.02 Å². The second-order valence-corrected chi connectivity index (χ2v) is 6.39. The van der Waals surface area contributed by atoms with Gasteiger partial charge in [-0.3, -0.25) is 4.90 Å². The third kappa shape index (κ3) is 4.19. The van der Waals surface area contributed by atoms with Crippen molar-refractivity contribution in [2.24, 2.45) is 0 Å². The minimum Gasteiger partial charge on any atom is -0.312 e. The molecule has 1 saturated heterocycles. The Bertz CT molecular complexity index is 459. The zero-order valence-electron chi connectivity index (χ0n) is 13.8. The van der Waals surface area contributed by atoms with Gasteiger partial charge < -0.3 is 10.2 Å². The molecule has 0 radical (unpaired) electrons. The van der Waals surface area contributed by atoms with Crippen LogP contribution in [0.15, 0.2) is 18.2 Å². The summed E-state index contributed by atoms with van der Waals surface area (Å²) in [5, 5.41) is 3.98. The third-order valence-corrected chi connectivity index (χ3v) is 4.83. The zero-order chi connectivity index (χ0) is 16.1. The number of nitrogens with zero attached hydrogens (tertiary/aromatic N) is 2. The van der Waals surface area contributed by atoms with Crippen molar-refractivity contribution in [2.45, 2.75) is 32.9 Å². The highest BCUT2D eigenvalue weighted by Gasteiger charge is 2.29. The largest absolute Gasteiger partial charge is 0.312 e. The van der Waals surface area contributed by atoms with E-state index < -0.39 is 0 Å². The Morgan fingerprint density at radius 1 is 1.41 bits per heavy atom. The molecule has 1 aromatic carbocycles. The molecule has 0 amide bonds. The van der Waals surface area contributed by atoms with Crippen LogP contribution in [0.5, 0.6) is 0 Å². The van der Waals surface area contributed by atoms with E-state index in [-0.39, 0.29) is 11.9 Å². The van der Waals surface area contributed by atoms with Crippen molar-refractivity contribution in [1.29, 1.82) is 0 Å². The molecule has 0 bridgehead atoms. The predicted molar refractivity (Wildman–Crippen MR) is 91.0 cm³/mol. The second-order valence-electron chi connectivity index (χ2n) is 5.99. The molecule has 0 aliphatic carbocycles. The van der Waals surface area contributed by atoms with E-state index in [1.165, 1.54) is 6.07 Å². The lowest BCUT2D eigenvalue weighted by Crippen LogP contribution is -2.52. The van der Waals surface area contributed by atoms with Crippen molar-refractivity contribution in [2.75, 3.05) is 39.3 Å². The summed E-state index contributed by atoms with van der Waals surface area (Å²) in [6.45, 7) is 11.9. The highest BCUT2D eigenvalue weighted by atomic mass is 35.5. The Morgan fingerprint density at radius 3 is 2.73 bits per heavy atom. The zero-order valence-corrected chi connectivity index (χ0v) is 14.5. The van der Waals surface area contributed by atoms with Gasteiger partial charge in [-0.2, -0.15) is 0 Å².